The van der Waals surface area contributed by atoms with Gasteiger partial charge in [-0.15, -0.1) is 11.6 Å². The topological polar surface area (TPSA) is 17.8 Å². The first-order valence-corrected chi connectivity index (χ1v) is 7.48. The third-order valence-corrected chi connectivity index (χ3v) is 4.33. The van der Waals surface area contributed by atoms with E-state index in [9.17, 15) is 0 Å². The molecule has 0 amide bonds. The lowest BCUT2D eigenvalue weighted by Crippen LogP contribution is -2.05. The summed E-state index contributed by atoms with van der Waals surface area (Å²) >= 11 is 12.6. The summed E-state index contributed by atoms with van der Waals surface area (Å²) in [5.74, 6) is 0. The molecule has 1 aliphatic rings. The highest BCUT2D eigenvalue weighted by molar-refractivity contribution is 6.31. The zero-order chi connectivity index (χ0) is 13.1. The molecule has 2 nitrogen and oxygen atoms in total. The van der Waals surface area contributed by atoms with Crippen molar-refractivity contribution in [1.82, 2.24) is 9.78 Å². The second-order valence-electron chi connectivity index (χ2n) is 4.93. The average molecular weight is 287 g/mol. The summed E-state index contributed by atoms with van der Waals surface area (Å²) in [6, 6.07) is 0. The highest BCUT2D eigenvalue weighted by Crippen LogP contribution is 2.28. The van der Waals surface area contributed by atoms with Gasteiger partial charge in [0.05, 0.1) is 21.8 Å². The first-order chi connectivity index (χ1) is 8.61. The summed E-state index contributed by atoms with van der Waals surface area (Å²) in [5, 5.41) is 5.46. The lowest BCUT2D eigenvalue weighted by atomic mass is 10.0. The smallest absolute Gasteiger partial charge is 0.0850 e. The van der Waals surface area contributed by atoms with Crippen molar-refractivity contribution >= 4 is 23.2 Å². The zero-order valence-corrected chi connectivity index (χ0v) is 12.6. The molecule has 0 fully saturated rings. The van der Waals surface area contributed by atoms with Crippen LogP contribution in [-0.2, 0) is 13.0 Å². The summed E-state index contributed by atoms with van der Waals surface area (Å²) in [7, 11) is 0. The molecule has 2 rings (SSSR count). The fourth-order valence-corrected chi connectivity index (χ4v) is 3.05. The number of halogens is 2. The maximum atomic E-state index is 6.35. The van der Waals surface area contributed by atoms with Gasteiger partial charge in [-0.1, -0.05) is 29.7 Å². The number of aryl methyl sites for hydroxylation is 2. The molecule has 0 saturated carbocycles. The van der Waals surface area contributed by atoms with Gasteiger partial charge in [-0.2, -0.15) is 5.10 Å². The van der Waals surface area contributed by atoms with Crippen LogP contribution >= 0.6 is 23.2 Å². The van der Waals surface area contributed by atoms with Gasteiger partial charge >= 0.3 is 0 Å². The van der Waals surface area contributed by atoms with Crippen LogP contribution in [0.15, 0.2) is 11.6 Å². The molecule has 0 saturated heterocycles. The van der Waals surface area contributed by atoms with Crippen LogP contribution in [0.5, 0.6) is 0 Å². The summed E-state index contributed by atoms with van der Waals surface area (Å²) in [6.07, 6.45) is 7.77. The maximum Gasteiger partial charge on any atom is 0.0850 e. The summed E-state index contributed by atoms with van der Waals surface area (Å²) in [4.78, 5) is 0. The molecular formula is C14H20Cl2N2. The van der Waals surface area contributed by atoms with E-state index in [1.54, 1.807) is 0 Å². The Morgan fingerprint density at radius 2 is 2.22 bits per heavy atom. The fourth-order valence-electron chi connectivity index (χ4n) is 2.51. The van der Waals surface area contributed by atoms with Gasteiger partial charge in [0.1, 0.15) is 0 Å². The molecule has 1 aromatic rings. The van der Waals surface area contributed by atoms with Crippen molar-refractivity contribution in [2.45, 2.75) is 57.9 Å². The lowest BCUT2D eigenvalue weighted by Gasteiger charge is -2.09. The van der Waals surface area contributed by atoms with E-state index in [1.165, 1.54) is 18.4 Å². The van der Waals surface area contributed by atoms with Crippen molar-refractivity contribution in [3.8, 4) is 0 Å². The van der Waals surface area contributed by atoms with Crippen LogP contribution < -0.4 is 0 Å². The van der Waals surface area contributed by atoms with Crippen LogP contribution in [-0.4, -0.2) is 15.2 Å². The van der Waals surface area contributed by atoms with E-state index in [0.29, 0.717) is 0 Å². The van der Waals surface area contributed by atoms with Crippen molar-refractivity contribution in [2.75, 3.05) is 0 Å². The third kappa shape index (κ3) is 3.10. The van der Waals surface area contributed by atoms with Gasteiger partial charge in [0.15, 0.2) is 0 Å². The minimum atomic E-state index is 0.181. The molecule has 18 heavy (non-hydrogen) atoms. The van der Waals surface area contributed by atoms with E-state index in [-0.39, 0.29) is 5.38 Å². The first-order valence-electron chi connectivity index (χ1n) is 6.67. The van der Waals surface area contributed by atoms with Gasteiger partial charge in [-0.3, -0.25) is 4.68 Å². The van der Waals surface area contributed by atoms with Gasteiger partial charge in [-0.25, -0.2) is 0 Å². The van der Waals surface area contributed by atoms with E-state index in [0.717, 1.165) is 42.2 Å². The van der Waals surface area contributed by atoms with Crippen LogP contribution in [0.4, 0.5) is 0 Å². The maximum absolute atomic E-state index is 6.35. The largest absolute Gasteiger partial charge is 0.268 e. The van der Waals surface area contributed by atoms with E-state index in [4.69, 9.17) is 23.2 Å². The molecule has 1 aromatic heterocycles. The number of nitrogens with zero attached hydrogens (tertiary/aromatic N) is 2. The van der Waals surface area contributed by atoms with Crippen molar-refractivity contribution in [3.63, 3.8) is 0 Å². The second-order valence-corrected chi connectivity index (χ2v) is 5.86. The van der Waals surface area contributed by atoms with Crippen LogP contribution in [0, 0.1) is 6.92 Å². The standard InChI is InChI=1S/C14H20Cl2N2/c1-3-18-13(14(16)10(2)17-18)9-11-6-4-5-7-12(15)8-11/h8,12H,3-7,9H2,1-2H3. The molecule has 1 aliphatic carbocycles. The molecule has 0 radical (unpaired) electrons. The van der Waals surface area contributed by atoms with Gasteiger partial charge < -0.3 is 0 Å². The molecule has 0 N–H and O–H groups in total. The van der Waals surface area contributed by atoms with Crippen molar-refractivity contribution in [3.05, 3.63) is 28.1 Å². The van der Waals surface area contributed by atoms with Crippen molar-refractivity contribution in [2.24, 2.45) is 0 Å². The number of alkyl halides is 1. The highest BCUT2D eigenvalue weighted by Gasteiger charge is 2.16. The van der Waals surface area contributed by atoms with Crippen LogP contribution in [0.3, 0.4) is 0 Å². The molecule has 4 heteroatoms. The lowest BCUT2D eigenvalue weighted by molar-refractivity contribution is 0.619. The molecule has 0 aliphatic heterocycles. The van der Waals surface area contributed by atoms with E-state index < -0.39 is 0 Å². The second kappa shape index (κ2) is 6.12. The average Bonchev–Trinajstić information content (AvgIpc) is 2.53. The van der Waals surface area contributed by atoms with Crippen molar-refractivity contribution < 1.29 is 0 Å². The number of allylic oxidation sites excluding steroid dienone is 2. The number of rotatable bonds is 3. The number of hydrogen-bond donors (Lipinski definition) is 0. The van der Waals surface area contributed by atoms with Gasteiger partial charge in [-0.05, 0) is 33.1 Å². The summed E-state index contributed by atoms with van der Waals surface area (Å²) < 4.78 is 2.01. The minimum absolute atomic E-state index is 0.181. The van der Waals surface area contributed by atoms with Crippen LogP contribution in [0.25, 0.3) is 0 Å². The van der Waals surface area contributed by atoms with E-state index >= 15 is 0 Å². The Bertz CT molecular complexity index is 449. The predicted octanol–water partition coefficient (Wildman–Crippen LogP) is 4.52. The number of hydrogen-bond acceptors (Lipinski definition) is 1. The Morgan fingerprint density at radius 3 is 2.94 bits per heavy atom. The molecule has 0 aromatic carbocycles. The van der Waals surface area contributed by atoms with Gasteiger partial charge in [0.25, 0.3) is 0 Å². The summed E-state index contributed by atoms with van der Waals surface area (Å²) in [5.41, 5.74) is 3.46. The quantitative estimate of drug-likeness (QED) is 0.590. The molecular weight excluding hydrogens is 267 g/mol. The van der Waals surface area contributed by atoms with Gasteiger partial charge in [0, 0.05) is 13.0 Å². The third-order valence-electron chi connectivity index (χ3n) is 3.49. The summed E-state index contributed by atoms with van der Waals surface area (Å²) in [6.45, 7) is 4.92. The van der Waals surface area contributed by atoms with Gasteiger partial charge in [0.2, 0.25) is 0 Å². The monoisotopic (exact) mass is 286 g/mol. The SMILES string of the molecule is CCn1nc(C)c(Cl)c1CC1=CC(Cl)CCCC1. The molecule has 1 heterocycles. The molecule has 1 atom stereocenters. The predicted molar refractivity (Wildman–Crippen MR) is 77.5 cm³/mol. The zero-order valence-electron chi connectivity index (χ0n) is 11.0. The Hall–Kier alpha value is -0.470. The normalized spacial score (nSPS) is 20.7. The minimum Gasteiger partial charge on any atom is -0.268 e. The number of aromatic nitrogens is 2. The van der Waals surface area contributed by atoms with E-state index in [2.05, 4.69) is 18.1 Å². The molecule has 1 unspecified atom stereocenters. The van der Waals surface area contributed by atoms with Crippen LogP contribution in [0.1, 0.15) is 44.0 Å². The Balaban J connectivity index is 2.22. The van der Waals surface area contributed by atoms with Crippen LogP contribution in [0.2, 0.25) is 5.02 Å². The molecule has 100 valence electrons. The molecule has 0 spiro atoms. The first kappa shape index (κ1) is 14.0. The molecule has 0 bridgehead atoms. The van der Waals surface area contributed by atoms with E-state index in [1.807, 2.05) is 11.6 Å². The fraction of sp³-hybridized carbons (Fsp3) is 0.643. The highest BCUT2D eigenvalue weighted by atomic mass is 35.5. The Morgan fingerprint density at radius 1 is 1.44 bits per heavy atom. The Kier molecular flexibility index (Phi) is 4.74. The Labute approximate surface area is 119 Å². The van der Waals surface area contributed by atoms with Crippen molar-refractivity contribution in [1.29, 1.82) is 0 Å².